The van der Waals surface area contributed by atoms with Crippen LogP contribution in [-0.2, 0) is 0 Å². The molecule has 32 heavy (non-hydrogen) atoms. The molecule has 2 aromatic carbocycles. The van der Waals surface area contributed by atoms with Gasteiger partial charge in [-0.15, -0.1) is 11.3 Å². The van der Waals surface area contributed by atoms with Gasteiger partial charge in [-0.25, -0.2) is 4.98 Å². The molecule has 6 nitrogen and oxygen atoms in total. The lowest BCUT2D eigenvalue weighted by molar-refractivity contribution is 0.0683. The summed E-state index contributed by atoms with van der Waals surface area (Å²) in [6, 6.07) is 12.2. The molecule has 0 atom stereocenters. The van der Waals surface area contributed by atoms with Gasteiger partial charge in [-0.2, -0.15) is 0 Å². The Hall–Kier alpha value is -3.06. The van der Waals surface area contributed by atoms with Crippen LogP contribution in [0.5, 0.6) is 5.75 Å². The summed E-state index contributed by atoms with van der Waals surface area (Å²) in [5, 5.41) is 0. The van der Waals surface area contributed by atoms with Gasteiger partial charge >= 0.3 is 0 Å². The molecule has 6 rings (SSSR count). The molecule has 0 aliphatic carbocycles. The van der Waals surface area contributed by atoms with Crippen LogP contribution in [-0.4, -0.2) is 55.1 Å². The van der Waals surface area contributed by atoms with Gasteiger partial charge in [0.2, 0.25) is 0 Å². The maximum Gasteiger partial charge on any atom is 0.253 e. The third-order valence-electron chi connectivity index (χ3n) is 7.39. The topological polar surface area (TPSA) is 48.9 Å². The van der Waals surface area contributed by atoms with Gasteiger partial charge in [0.05, 0.1) is 39.8 Å². The van der Waals surface area contributed by atoms with Crippen LogP contribution in [0.15, 0.2) is 53.7 Å². The molecule has 0 bridgehead atoms. The third-order valence-corrected chi connectivity index (χ3v) is 8.18. The van der Waals surface area contributed by atoms with Crippen molar-refractivity contribution in [3.8, 4) is 5.75 Å². The molecule has 1 saturated heterocycles. The van der Waals surface area contributed by atoms with Crippen LogP contribution < -0.4 is 14.5 Å². The average molecular weight is 447 g/mol. The number of carbonyl (C=O) groups excluding carboxylic acids is 1. The van der Waals surface area contributed by atoms with Crippen LogP contribution in [0.4, 0.5) is 11.4 Å². The maximum atomic E-state index is 13.3. The number of ether oxygens (including phenoxy) is 1. The molecule has 0 unspecified atom stereocenters. The molecule has 164 valence electrons. The number of hydrogen-bond donors (Lipinski definition) is 0. The van der Waals surface area contributed by atoms with Gasteiger partial charge in [0.1, 0.15) is 5.75 Å². The Bertz CT molecular complexity index is 1240. The fourth-order valence-electron chi connectivity index (χ4n) is 5.62. The number of nitrogens with zero attached hydrogens (tertiary/aromatic N) is 4. The predicted octanol–water partition coefficient (Wildman–Crippen LogP) is 4.52. The number of likely N-dealkylation sites (N-methyl/N-ethyl adjacent to an activating group) is 1. The first-order valence-electron chi connectivity index (χ1n) is 11.1. The van der Waals surface area contributed by atoms with Crippen molar-refractivity contribution in [2.24, 2.45) is 0 Å². The van der Waals surface area contributed by atoms with E-state index < -0.39 is 0 Å². The number of amides is 1. The summed E-state index contributed by atoms with van der Waals surface area (Å²) in [6.45, 7) is 2.50. The van der Waals surface area contributed by atoms with E-state index in [9.17, 15) is 4.79 Å². The number of fused-ring (bicyclic) bond motifs is 5. The molecule has 1 amide bonds. The summed E-state index contributed by atoms with van der Waals surface area (Å²) in [5.41, 5.74) is 7.31. The Morgan fingerprint density at radius 3 is 2.75 bits per heavy atom. The van der Waals surface area contributed by atoms with Gasteiger partial charge in [0.25, 0.3) is 5.91 Å². The van der Waals surface area contributed by atoms with E-state index in [-0.39, 0.29) is 11.4 Å². The van der Waals surface area contributed by atoms with Crippen molar-refractivity contribution in [2.45, 2.75) is 24.8 Å². The number of likely N-dealkylation sites (tertiary alicyclic amines) is 1. The number of piperidine rings is 1. The van der Waals surface area contributed by atoms with Crippen molar-refractivity contribution in [1.82, 2.24) is 9.88 Å². The maximum absolute atomic E-state index is 13.3. The van der Waals surface area contributed by atoms with Gasteiger partial charge in [-0.3, -0.25) is 4.79 Å². The number of carbonyl (C=O) groups is 1. The summed E-state index contributed by atoms with van der Waals surface area (Å²) in [5.74, 6) is 0.997. The molecule has 1 spiro atoms. The molecule has 0 N–H and O–H groups in total. The Morgan fingerprint density at radius 2 is 1.94 bits per heavy atom. The highest BCUT2D eigenvalue weighted by Crippen LogP contribution is 2.51. The number of rotatable bonds is 2. The SMILES string of the molecule is COc1ccc2c(c1)N(C)C1(CCN(C(=O)c3ccc4ncsc4c3)CC1)C1=CCCN12. The van der Waals surface area contributed by atoms with E-state index in [1.165, 1.54) is 17.1 Å². The number of hydrogen-bond acceptors (Lipinski definition) is 6. The van der Waals surface area contributed by atoms with E-state index in [2.05, 4.69) is 40.0 Å². The first kappa shape index (κ1) is 19.6. The minimum Gasteiger partial charge on any atom is -0.497 e. The normalized spacial score (nSPS) is 19.2. The van der Waals surface area contributed by atoms with Crippen LogP contribution in [0.1, 0.15) is 29.6 Å². The van der Waals surface area contributed by atoms with Gasteiger partial charge < -0.3 is 19.4 Å². The summed E-state index contributed by atoms with van der Waals surface area (Å²) in [7, 11) is 3.92. The zero-order chi connectivity index (χ0) is 21.9. The van der Waals surface area contributed by atoms with Crippen molar-refractivity contribution in [1.29, 1.82) is 0 Å². The van der Waals surface area contributed by atoms with Gasteiger partial charge in [0.15, 0.2) is 0 Å². The van der Waals surface area contributed by atoms with Crippen LogP contribution >= 0.6 is 11.3 Å². The molecule has 7 heteroatoms. The molecule has 0 radical (unpaired) electrons. The quantitative estimate of drug-likeness (QED) is 0.579. The fraction of sp³-hybridized carbons (Fsp3) is 0.360. The smallest absolute Gasteiger partial charge is 0.253 e. The second-order valence-electron chi connectivity index (χ2n) is 8.80. The standard InChI is InChI=1S/C25H26N4O2S/c1-27-21-15-18(31-2)6-8-20(21)29-11-3-4-23(29)25(27)9-12-28(13-10-25)24(30)17-5-7-19-22(14-17)32-16-26-19/h4-8,14-16H,3,9-13H2,1-2H3. The lowest BCUT2D eigenvalue weighted by atomic mass is 9.80. The number of aromatic nitrogens is 1. The van der Waals surface area contributed by atoms with Crippen molar-refractivity contribution < 1.29 is 9.53 Å². The minimum absolute atomic E-state index is 0.0890. The van der Waals surface area contributed by atoms with Gasteiger partial charge in [-0.05, 0) is 49.6 Å². The van der Waals surface area contributed by atoms with E-state index in [1.54, 1.807) is 18.4 Å². The van der Waals surface area contributed by atoms with Crippen LogP contribution in [0, 0.1) is 0 Å². The molecule has 3 aromatic rings. The molecule has 1 aromatic heterocycles. The molecule has 3 aliphatic heterocycles. The van der Waals surface area contributed by atoms with Crippen molar-refractivity contribution in [3.63, 3.8) is 0 Å². The van der Waals surface area contributed by atoms with E-state index in [1.807, 2.05) is 34.7 Å². The number of thiazole rings is 1. The largest absolute Gasteiger partial charge is 0.497 e. The molecule has 3 aliphatic rings. The van der Waals surface area contributed by atoms with Crippen molar-refractivity contribution in [2.75, 3.05) is 43.6 Å². The summed E-state index contributed by atoms with van der Waals surface area (Å²) in [6.07, 6.45) is 5.29. The third kappa shape index (κ3) is 2.77. The number of anilines is 2. The lowest BCUT2D eigenvalue weighted by Crippen LogP contribution is -2.60. The van der Waals surface area contributed by atoms with E-state index in [0.29, 0.717) is 0 Å². The summed E-state index contributed by atoms with van der Waals surface area (Å²) < 4.78 is 6.59. The average Bonchev–Trinajstić information content (AvgIpc) is 3.52. The molecular formula is C25H26N4O2S. The second kappa shape index (κ2) is 7.24. The molecule has 4 heterocycles. The van der Waals surface area contributed by atoms with Gasteiger partial charge in [0, 0.05) is 44.0 Å². The van der Waals surface area contributed by atoms with Gasteiger partial charge in [-0.1, -0.05) is 6.08 Å². The second-order valence-corrected chi connectivity index (χ2v) is 9.69. The highest BCUT2D eigenvalue weighted by atomic mass is 32.1. The summed E-state index contributed by atoms with van der Waals surface area (Å²) in [4.78, 5) is 24.5. The lowest BCUT2D eigenvalue weighted by Gasteiger charge is -2.55. The monoisotopic (exact) mass is 446 g/mol. The first-order valence-corrected chi connectivity index (χ1v) is 12.0. The molecular weight excluding hydrogens is 420 g/mol. The Morgan fingerprint density at radius 1 is 1.09 bits per heavy atom. The zero-order valence-corrected chi connectivity index (χ0v) is 19.2. The van der Waals surface area contributed by atoms with Crippen LogP contribution in [0.3, 0.4) is 0 Å². The van der Waals surface area contributed by atoms with Crippen molar-refractivity contribution >= 4 is 38.8 Å². The highest BCUT2D eigenvalue weighted by Gasteiger charge is 2.49. The minimum atomic E-state index is -0.0890. The van der Waals surface area contributed by atoms with E-state index >= 15 is 0 Å². The van der Waals surface area contributed by atoms with E-state index in [4.69, 9.17) is 4.74 Å². The Labute approximate surface area is 191 Å². The van der Waals surface area contributed by atoms with E-state index in [0.717, 1.165) is 60.4 Å². The zero-order valence-electron chi connectivity index (χ0n) is 18.4. The number of methoxy groups -OCH3 is 1. The molecule has 1 fully saturated rings. The number of benzene rings is 2. The predicted molar refractivity (Wildman–Crippen MR) is 129 cm³/mol. The Balaban J connectivity index is 1.29. The Kier molecular flexibility index (Phi) is 4.43. The first-order chi connectivity index (χ1) is 15.6. The summed E-state index contributed by atoms with van der Waals surface area (Å²) >= 11 is 1.58. The van der Waals surface area contributed by atoms with Crippen LogP contribution in [0.2, 0.25) is 0 Å². The van der Waals surface area contributed by atoms with Crippen LogP contribution in [0.25, 0.3) is 10.2 Å². The van der Waals surface area contributed by atoms with Crippen molar-refractivity contribution in [3.05, 3.63) is 59.2 Å². The molecule has 0 saturated carbocycles. The highest BCUT2D eigenvalue weighted by molar-refractivity contribution is 7.16. The fourth-order valence-corrected chi connectivity index (χ4v) is 6.34.